The molecule has 180 valence electrons. The van der Waals surface area contributed by atoms with Crippen LogP contribution in [0.1, 0.15) is 60.6 Å². The number of halogens is 3. The fourth-order valence-electron chi connectivity index (χ4n) is 3.23. The van der Waals surface area contributed by atoms with E-state index in [1.807, 2.05) is 6.92 Å². The van der Waals surface area contributed by atoms with Gasteiger partial charge in [-0.3, -0.25) is 4.79 Å². The Morgan fingerprint density at radius 3 is 2.50 bits per heavy atom. The highest BCUT2D eigenvalue weighted by Crippen LogP contribution is 2.30. The normalized spacial score (nSPS) is 12.1. The first-order valence-electron chi connectivity index (χ1n) is 10.7. The Hall–Kier alpha value is -3.89. The second-order valence-corrected chi connectivity index (χ2v) is 7.41. The fraction of sp³-hybridized carbons (Fsp3) is 0.304. The van der Waals surface area contributed by atoms with Gasteiger partial charge in [-0.15, -0.1) is 0 Å². The van der Waals surface area contributed by atoms with E-state index in [0.29, 0.717) is 23.2 Å². The van der Waals surface area contributed by atoms with Gasteiger partial charge >= 0.3 is 12.1 Å². The van der Waals surface area contributed by atoms with Gasteiger partial charge in [-0.2, -0.15) is 23.8 Å². The van der Waals surface area contributed by atoms with Gasteiger partial charge in [0.2, 0.25) is 0 Å². The van der Waals surface area contributed by atoms with Crippen molar-refractivity contribution < 1.29 is 27.6 Å². The molecule has 1 amide bonds. The zero-order chi connectivity index (χ0) is 24.7. The van der Waals surface area contributed by atoms with Crippen molar-refractivity contribution in [3.05, 3.63) is 71.7 Å². The summed E-state index contributed by atoms with van der Waals surface area (Å²) >= 11 is 0. The number of hydrogen-bond acceptors (Lipinski definition) is 6. The third-order valence-electron chi connectivity index (χ3n) is 4.94. The first-order chi connectivity index (χ1) is 16.2. The molecule has 3 rings (SSSR count). The van der Waals surface area contributed by atoms with E-state index in [1.54, 1.807) is 43.3 Å². The standard InChI is InChI=1S/C23H24F3N5O3/c1-3-7-19(17-8-5-6-9-18(17)22(33)30-34-21(32)4-2)29-16-10-11-20(27-13-16)31-14-15(12-28-31)23(24,25)26/h5-6,8-14,19,29H,3-4,7H2,1-2H3,(H,30,33). The second kappa shape index (κ2) is 10.8. The van der Waals surface area contributed by atoms with Crippen LogP contribution in [0, 0.1) is 0 Å². The Bertz CT molecular complexity index is 1130. The van der Waals surface area contributed by atoms with Gasteiger partial charge in [0, 0.05) is 18.2 Å². The van der Waals surface area contributed by atoms with Crippen LogP contribution < -0.4 is 10.8 Å². The summed E-state index contributed by atoms with van der Waals surface area (Å²) in [5, 5.41) is 7.04. The molecule has 1 aromatic carbocycles. The topological polar surface area (TPSA) is 98.1 Å². The summed E-state index contributed by atoms with van der Waals surface area (Å²) in [6.07, 6.45) is 0.216. The van der Waals surface area contributed by atoms with Crippen molar-refractivity contribution in [1.82, 2.24) is 20.2 Å². The summed E-state index contributed by atoms with van der Waals surface area (Å²) in [5.41, 5.74) is 2.96. The molecule has 34 heavy (non-hydrogen) atoms. The monoisotopic (exact) mass is 475 g/mol. The van der Waals surface area contributed by atoms with E-state index in [0.717, 1.165) is 23.5 Å². The number of rotatable bonds is 8. The van der Waals surface area contributed by atoms with Gasteiger partial charge in [0.15, 0.2) is 5.82 Å². The third-order valence-corrected chi connectivity index (χ3v) is 4.94. The lowest BCUT2D eigenvalue weighted by Crippen LogP contribution is -2.28. The number of benzene rings is 1. The van der Waals surface area contributed by atoms with Gasteiger partial charge in [0.05, 0.1) is 29.7 Å². The van der Waals surface area contributed by atoms with Crippen LogP contribution in [0.3, 0.4) is 0 Å². The average molecular weight is 475 g/mol. The molecule has 2 aromatic heterocycles. The molecule has 0 radical (unpaired) electrons. The largest absolute Gasteiger partial charge is 0.419 e. The second-order valence-electron chi connectivity index (χ2n) is 7.41. The number of anilines is 1. The summed E-state index contributed by atoms with van der Waals surface area (Å²) in [6.45, 7) is 3.61. The maximum Gasteiger partial charge on any atom is 0.419 e. The van der Waals surface area contributed by atoms with Gasteiger partial charge < -0.3 is 10.2 Å². The summed E-state index contributed by atoms with van der Waals surface area (Å²) < 4.78 is 39.5. The fourth-order valence-corrected chi connectivity index (χ4v) is 3.23. The molecule has 0 bridgehead atoms. The number of nitrogens with one attached hydrogen (secondary N) is 2. The number of hydrogen-bond donors (Lipinski definition) is 2. The van der Waals surface area contributed by atoms with Gasteiger partial charge in [0.1, 0.15) is 0 Å². The lowest BCUT2D eigenvalue weighted by Gasteiger charge is -2.22. The molecule has 0 aliphatic rings. The molecule has 1 atom stereocenters. The molecule has 8 nitrogen and oxygen atoms in total. The molecule has 0 aliphatic carbocycles. The minimum absolute atomic E-state index is 0.126. The van der Waals surface area contributed by atoms with E-state index in [1.165, 1.54) is 6.20 Å². The smallest absolute Gasteiger partial charge is 0.377 e. The number of hydroxylamine groups is 1. The quantitative estimate of drug-likeness (QED) is 0.453. The minimum Gasteiger partial charge on any atom is -0.377 e. The summed E-state index contributed by atoms with van der Waals surface area (Å²) in [7, 11) is 0. The first-order valence-corrected chi connectivity index (χ1v) is 10.7. The molecule has 0 saturated carbocycles. The van der Waals surface area contributed by atoms with Crippen molar-refractivity contribution in [1.29, 1.82) is 0 Å². The van der Waals surface area contributed by atoms with Gasteiger partial charge in [-0.1, -0.05) is 38.5 Å². The molecule has 0 spiro atoms. The molecule has 2 heterocycles. The molecule has 0 saturated heterocycles. The van der Waals surface area contributed by atoms with Crippen LogP contribution in [0.5, 0.6) is 0 Å². The van der Waals surface area contributed by atoms with Crippen LogP contribution >= 0.6 is 0 Å². The summed E-state index contributed by atoms with van der Waals surface area (Å²) in [4.78, 5) is 32.9. The van der Waals surface area contributed by atoms with Crippen molar-refractivity contribution >= 4 is 17.6 Å². The Labute approximate surface area is 194 Å². The molecule has 1 unspecified atom stereocenters. The maximum atomic E-state index is 12.8. The van der Waals surface area contributed by atoms with E-state index < -0.39 is 23.6 Å². The number of carbonyl (C=O) groups excluding carboxylic acids is 2. The van der Waals surface area contributed by atoms with Crippen molar-refractivity contribution in [3.63, 3.8) is 0 Å². The highest BCUT2D eigenvalue weighted by molar-refractivity contribution is 5.96. The van der Waals surface area contributed by atoms with E-state index >= 15 is 0 Å². The number of alkyl halides is 3. The van der Waals surface area contributed by atoms with Gasteiger partial charge in [-0.05, 0) is 30.2 Å². The Kier molecular flexibility index (Phi) is 7.87. The molecule has 0 fully saturated rings. The summed E-state index contributed by atoms with van der Waals surface area (Å²) in [5.74, 6) is -0.877. The van der Waals surface area contributed by atoms with Gasteiger partial charge in [0.25, 0.3) is 5.91 Å². The van der Waals surface area contributed by atoms with Crippen LogP contribution in [-0.4, -0.2) is 26.6 Å². The molecule has 0 aliphatic heterocycles. The Balaban J connectivity index is 1.79. The van der Waals surface area contributed by atoms with Crippen molar-refractivity contribution in [2.24, 2.45) is 0 Å². The lowest BCUT2D eigenvalue weighted by atomic mass is 9.96. The predicted octanol–water partition coefficient (Wildman–Crippen LogP) is 4.84. The minimum atomic E-state index is -4.48. The Morgan fingerprint density at radius 1 is 1.12 bits per heavy atom. The van der Waals surface area contributed by atoms with Crippen molar-refractivity contribution in [2.45, 2.75) is 45.3 Å². The van der Waals surface area contributed by atoms with Gasteiger partial charge in [-0.25, -0.2) is 14.5 Å². The van der Waals surface area contributed by atoms with Crippen LogP contribution in [0.2, 0.25) is 0 Å². The van der Waals surface area contributed by atoms with E-state index in [4.69, 9.17) is 4.84 Å². The highest BCUT2D eigenvalue weighted by atomic mass is 19.4. The summed E-state index contributed by atoms with van der Waals surface area (Å²) in [6, 6.07) is 9.88. The number of nitrogens with zero attached hydrogens (tertiary/aromatic N) is 3. The molecule has 3 aromatic rings. The molecular formula is C23H24F3N5O3. The Morgan fingerprint density at radius 2 is 1.88 bits per heavy atom. The molecule has 2 N–H and O–H groups in total. The zero-order valence-corrected chi connectivity index (χ0v) is 18.6. The first kappa shape index (κ1) is 24.7. The number of pyridine rings is 1. The SMILES string of the molecule is CCCC(Nc1ccc(-n2cc(C(F)(F)F)cn2)nc1)c1ccccc1C(=O)NOC(=O)CC. The van der Waals surface area contributed by atoms with Crippen LogP contribution in [0.4, 0.5) is 18.9 Å². The zero-order valence-electron chi connectivity index (χ0n) is 18.6. The van der Waals surface area contributed by atoms with E-state index in [2.05, 4.69) is 20.9 Å². The number of amides is 1. The van der Waals surface area contributed by atoms with E-state index in [-0.39, 0.29) is 18.3 Å². The van der Waals surface area contributed by atoms with Crippen LogP contribution in [-0.2, 0) is 15.8 Å². The number of carbonyl (C=O) groups is 2. The average Bonchev–Trinajstić information content (AvgIpc) is 3.33. The molecule has 11 heteroatoms. The maximum absolute atomic E-state index is 12.8. The molecular weight excluding hydrogens is 451 g/mol. The van der Waals surface area contributed by atoms with Crippen LogP contribution in [0.25, 0.3) is 5.82 Å². The predicted molar refractivity (Wildman–Crippen MR) is 118 cm³/mol. The third kappa shape index (κ3) is 6.12. The van der Waals surface area contributed by atoms with Crippen molar-refractivity contribution in [2.75, 3.05) is 5.32 Å². The lowest BCUT2D eigenvalue weighted by molar-refractivity contribution is -0.148. The van der Waals surface area contributed by atoms with Crippen molar-refractivity contribution in [3.8, 4) is 5.82 Å². The van der Waals surface area contributed by atoms with Crippen LogP contribution in [0.15, 0.2) is 55.0 Å². The number of aromatic nitrogens is 3. The highest BCUT2D eigenvalue weighted by Gasteiger charge is 2.32. The van der Waals surface area contributed by atoms with E-state index in [9.17, 15) is 22.8 Å².